The van der Waals surface area contributed by atoms with Gasteiger partial charge in [0, 0.05) is 48.8 Å². The van der Waals surface area contributed by atoms with Crippen LogP contribution in [0.2, 0.25) is 0 Å². The van der Waals surface area contributed by atoms with Crippen molar-refractivity contribution < 1.29 is 14.4 Å². The van der Waals surface area contributed by atoms with Gasteiger partial charge >= 0.3 is 0 Å². The van der Waals surface area contributed by atoms with E-state index in [1.54, 1.807) is 17.3 Å². The zero-order valence-electron chi connectivity index (χ0n) is 20.1. The van der Waals surface area contributed by atoms with Crippen molar-refractivity contribution >= 4 is 28.9 Å². The highest BCUT2D eigenvalue weighted by atomic mass is 16.2. The minimum atomic E-state index is -0.479. The maximum absolute atomic E-state index is 12.6. The number of carbonyl (C=O) groups excluding carboxylic acids is 3. The molecule has 1 aromatic carbocycles. The molecule has 1 saturated heterocycles. The van der Waals surface area contributed by atoms with Crippen LogP contribution in [0, 0.1) is 0 Å². The van der Waals surface area contributed by atoms with Gasteiger partial charge in [-0.1, -0.05) is 36.4 Å². The monoisotopic (exact) mass is 482 g/mol. The highest BCUT2D eigenvalue weighted by Gasteiger charge is 2.31. The molecule has 1 aliphatic rings. The van der Waals surface area contributed by atoms with Crippen molar-refractivity contribution in [3.8, 4) is 22.4 Å². The number of aromatic nitrogens is 4. The SMILES string of the molecule is CC(=O)C(=O)N1CCC(c2nc3c(-c4ccc(-c5ccccc5)nc4)cnn3c(N)c2C(C)=O)CC1. The number of nitrogen functional groups attached to an aromatic ring is 1. The third kappa shape index (κ3) is 4.13. The summed E-state index contributed by atoms with van der Waals surface area (Å²) in [5.74, 6) is -0.978. The van der Waals surface area contributed by atoms with Crippen LogP contribution in [0.1, 0.15) is 48.7 Å². The molecule has 9 heteroatoms. The van der Waals surface area contributed by atoms with Gasteiger partial charge in [-0.05, 0) is 25.8 Å². The Hall–Kier alpha value is -4.40. The Bertz CT molecular complexity index is 1470. The highest BCUT2D eigenvalue weighted by Crippen LogP contribution is 2.35. The van der Waals surface area contributed by atoms with Gasteiger partial charge in [-0.15, -0.1) is 0 Å². The van der Waals surface area contributed by atoms with Crippen LogP contribution in [0.5, 0.6) is 0 Å². The molecule has 3 aromatic heterocycles. The molecule has 4 heterocycles. The number of nitrogens with zero attached hydrogens (tertiary/aromatic N) is 5. The fraction of sp³-hybridized carbons (Fsp3) is 0.259. The molecule has 1 fully saturated rings. The lowest BCUT2D eigenvalue weighted by Crippen LogP contribution is -2.41. The summed E-state index contributed by atoms with van der Waals surface area (Å²) in [6.45, 7) is 3.59. The zero-order valence-corrected chi connectivity index (χ0v) is 20.1. The predicted molar refractivity (Wildman–Crippen MR) is 135 cm³/mol. The molecule has 36 heavy (non-hydrogen) atoms. The van der Waals surface area contributed by atoms with Crippen LogP contribution >= 0.6 is 0 Å². The van der Waals surface area contributed by atoms with E-state index in [2.05, 4.69) is 10.1 Å². The minimum absolute atomic E-state index is 0.0754. The van der Waals surface area contributed by atoms with Gasteiger partial charge in [0.05, 0.1) is 23.1 Å². The minimum Gasteiger partial charge on any atom is -0.383 e. The van der Waals surface area contributed by atoms with Crippen molar-refractivity contribution in [3.05, 3.63) is 66.1 Å². The number of ketones is 2. The molecule has 9 nitrogen and oxygen atoms in total. The molecular formula is C27H26N6O3. The van der Waals surface area contributed by atoms with Crippen LogP contribution in [0.25, 0.3) is 28.0 Å². The topological polar surface area (TPSA) is 124 Å². The number of hydrogen-bond acceptors (Lipinski definition) is 7. The largest absolute Gasteiger partial charge is 0.383 e. The number of hydrogen-bond donors (Lipinski definition) is 1. The third-order valence-corrected chi connectivity index (χ3v) is 6.68. The lowest BCUT2D eigenvalue weighted by Gasteiger charge is -2.32. The lowest BCUT2D eigenvalue weighted by molar-refractivity contribution is -0.144. The first-order valence-corrected chi connectivity index (χ1v) is 11.8. The van der Waals surface area contributed by atoms with E-state index < -0.39 is 11.7 Å². The summed E-state index contributed by atoms with van der Waals surface area (Å²) in [5.41, 5.74) is 11.4. The number of anilines is 1. The van der Waals surface area contributed by atoms with E-state index in [0.29, 0.717) is 42.8 Å². The van der Waals surface area contributed by atoms with E-state index in [-0.39, 0.29) is 17.5 Å². The van der Waals surface area contributed by atoms with Crippen molar-refractivity contribution in [2.75, 3.05) is 18.8 Å². The van der Waals surface area contributed by atoms with Crippen LogP contribution in [0.15, 0.2) is 54.9 Å². The number of fused-ring (bicyclic) bond motifs is 1. The Morgan fingerprint density at radius 1 is 0.944 bits per heavy atom. The second kappa shape index (κ2) is 9.33. The van der Waals surface area contributed by atoms with Crippen molar-refractivity contribution in [2.45, 2.75) is 32.6 Å². The molecule has 5 rings (SSSR count). The van der Waals surface area contributed by atoms with Gasteiger partial charge in [-0.3, -0.25) is 19.4 Å². The Labute approximate surface area is 208 Å². The predicted octanol–water partition coefficient (Wildman–Crippen LogP) is 3.54. The van der Waals surface area contributed by atoms with Gasteiger partial charge in [0.2, 0.25) is 5.78 Å². The smallest absolute Gasteiger partial charge is 0.289 e. The quantitative estimate of drug-likeness (QED) is 0.341. The Morgan fingerprint density at radius 2 is 1.67 bits per heavy atom. The van der Waals surface area contributed by atoms with Crippen LogP contribution < -0.4 is 5.73 Å². The average molecular weight is 483 g/mol. The number of likely N-dealkylation sites (tertiary alicyclic amines) is 1. The number of carbonyl (C=O) groups is 3. The fourth-order valence-electron chi connectivity index (χ4n) is 4.80. The normalized spacial score (nSPS) is 14.2. The van der Waals surface area contributed by atoms with E-state index >= 15 is 0 Å². The summed E-state index contributed by atoms with van der Waals surface area (Å²) in [7, 11) is 0. The molecule has 0 atom stereocenters. The van der Waals surface area contributed by atoms with Crippen molar-refractivity contribution in [3.63, 3.8) is 0 Å². The van der Waals surface area contributed by atoms with Crippen LogP contribution in [-0.4, -0.2) is 55.0 Å². The average Bonchev–Trinajstić information content (AvgIpc) is 3.33. The van der Waals surface area contributed by atoms with Gasteiger partial charge in [0.25, 0.3) is 5.91 Å². The maximum atomic E-state index is 12.6. The summed E-state index contributed by atoms with van der Waals surface area (Å²) < 4.78 is 1.50. The summed E-state index contributed by atoms with van der Waals surface area (Å²) in [6.07, 6.45) is 4.62. The molecule has 182 valence electrons. The summed E-state index contributed by atoms with van der Waals surface area (Å²) in [4.78, 5) is 47.3. The third-order valence-electron chi connectivity index (χ3n) is 6.68. The second-order valence-corrected chi connectivity index (χ2v) is 9.03. The van der Waals surface area contributed by atoms with Crippen LogP contribution in [-0.2, 0) is 9.59 Å². The van der Waals surface area contributed by atoms with Crippen molar-refractivity contribution in [1.82, 2.24) is 24.5 Å². The van der Waals surface area contributed by atoms with E-state index in [1.165, 1.54) is 18.4 Å². The molecule has 0 saturated carbocycles. The van der Waals surface area contributed by atoms with Gasteiger partial charge in [-0.2, -0.15) is 9.61 Å². The Morgan fingerprint density at radius 3 is 2.28 bits per heavy atom. The van der Waals surface area contributed by atoms with E-state index in [0.717, 1.165) is 22.4 Å². The summed E-state index contributed by atoms with van der Waals surface area (Å²) in [6, 6.07) is 13.8. The number of amides is 1. The Balaban J connectivity index is 1.53. The van der Waals surface area contributed by atoms with Crippen LogP contribution in [0.4, 0.5) is 5.82 Å². The first-order valence-electron chi connectivity index (χ1n) is 11.8. The molecule has 0 aliphatic carbocycles. The van der Waals surface area contributed by atoms with Gasteiger partial charge in [0.15, 0.2) is 11.4 Å². The number of Topliss-reactive ketones (excluding diaryl/α,β-unsaturated/α-hetero) is 2. The zero-order chi connectivity index (χ0) is 25.4. The van der Waals surface area contributed by atoms with Gasteiger partial charge in [0.1, 0.15) is 5.82 Å². The fourth-order valence-corrected chi connectivity index (χ4v) is 4.80. The van der Waals surface area contributed by atoms with E-state index in [4.69, 9.17) is 10.7 Å². The molecule has 2 N–H and O–H groups in total. The molecule has 0 spiro atoms. The second-order valence-electron chi connectivity index (χ2n) is 9.03. The van der Waals surface area contributed by atoms with Gasteiger partial charge < -0.3 is 10.6 Å². The summed E-state index contributed by atoms with van der Waals surface area (Å²) in [5, 5.41) is 4.42. The number of nitrogens with two attached hydrogens (primary N) is 1. The standard InChI is InChI=1S/C27H26N6O3/c1-16(34)23-24(19-10-12-32(13-11-19)27(36)17(2)35)31-26-21(15-30-33(26)25(23)28)20-8-9-22(29-14-20)18-6-4-3-5-7-18/h3-9,14-15,19H,10-13,28H2,1-2H3. The van der Waals surface area contributed by atoms with Crippen molar-refractivity contribution in [2.24, 2.45) is 0 Å². The molecule has 0 radical (unpaired) electrons. The lowest BCUT2D eigenvalue weighted by atomic mass is 9.89. The summed E-state index contributed by atoms with van der Waals surface area (Å²) >= 11 is 0. The molecule has 0 bridgehead atoms. The molecule has 0 unspecified atom stereocenters. The molecular weight excluding hydrogens is 456 g/mol. The Kier molecular flexibility index (Phi) is 6.05. The first kappa shape index (κ1) is 23.3. The maximum Gasteiger partial charge on any atom is 0.289 e. The molecule has 1 aliphatic heterocycles. The van der Waals surface area contributed by atoms with E-state index in [9.17, 15) is 14.4 Å². The van der Waals surface area contributed by atoms with E-state index in [1.807, 2.05) is 42.5 Å². The number of piperidine rings is 1. The molecule has 1 amide bonds. The number of rotatable bonds is 5. The number of benzene rings is 1. The first-order chi connectivity index (χ1) is 17.3. The molecule has 4 aromatic rings. The highest BCUT2D eigenvalue weighted by molar-refractivity contribution is 6.35. The van der Waals surface area contributed by atoms with Crippen molar-refractivity contribution in [1.29, 1.82) is 0 Å². The van der Waals surface area contributed by atoms with Gasteiger partial charge in [-0.25, -0.2) is 4.98 Å². The number of pyridine rings is 1. The van der Waals surface area contributed by atoms with Crippen LogP contribution in [0.3, 0.4) is 0 Å².